The Morgan fingerprint density at radius 2 is 1.60 bits per heavy atom. The molecule has 3 rings (SSSR count). The van der Waals surface area contributed by atoms with Crippen molar-refractivity contribution in [1.29, 1.82) is 0 Å². The zero-order chi connectivity index (χ0) is 9.60. The van der Waals surface area contributed by atoms with E-state index in [9.17, 15) is 0 Å². The molecule has 0 aromatic heterocycles. The van der Waals surface area contributed by atoms with Gasteiger partial charge in [-0.15, -0.1) is 12.4 Å². The summed E-state index contributed by atoms with van der Waals surface area (Å²) in [6.45, 7) is 0. The second-order valence-electron chi connectivity index (χ2n) is 5.94. The molecule has 1 nitrogen and oxygen atoms in total. The minimum atomic E-state index is 0. The zero-order valence-electron chi connectivity index (χ0n) is 9.58. The number of fused-ring (bicyclic) bond motifs is 3. The molecule has 0 aromatic carbocycles. The molecule has 0 saturated heterocycles. The van der Waals surface area contributed by atoms with Gasteiger partial charge in [-0.1, -0.05) is 25.7 Å². The average Bonchev–Trinajstić information content (AvgIpc) is 2.66. The van der Waals surface area contributed by atoms with Crippen LogP contribution >= 0.6 is 12.4 Å². The van der Waals surface area contributed by atoms with E-state index in [1.165, 1.54) is 57.8 Å². The van der Waals surface area contributed by atoms with E-state index in [-0.39, 0.29) is 12.4 Å². The molecule has 15 heavy (non-hydrogen) atoms. The van der Waals surface area contributed by atoms with Gasteiger partial charge in [0.2, 0.25) is 0 Å². The van der Waals surface area contributed by atoms with E-state index in [1.807, 2.05) is 0 Å². The van der Waals surface area contributed by atoms with Crippen molar-refractivity contribution < 1.29 is 0 Å². The van der Waals surface area contributed by atoms with Crippen molar-refractivity contribution in [1.82, 2.24) is 0 Å². The Morgan fingerprint density at radius 3 is 2.13 bits per heavy atom. The van der Waals surface area contributed by atoms with Crippen molar-refractivity contribution in [3.8, 4) is 0 Å². The SMILES string of the molecule is Cl.N[C@@H]1[C@@H]2CC[C@@H](C2)C12CCCCCC2. The molecule has 0 aromatic rings. The largest absolute Gasteiger partial charge is 0.327 e. The first-order valence-electron chi connectivity index (χ1n) is 6.58. The Bertz CT molecular complexity index is 217. The van der Waals surface area contributed by atoms with Gasteiger partial charge in [-0.2, -0.15) is 0 Å². The van der Waals surface area contributed by atoms with Crippen molar-refractivity contribution in [2.75, 3.05) is 0 Å². The maximum Gasteiger partial charge on any atom is 0.0127 e. The van der Waals surface area contributed by atoms with Crippen LogP contribution in [0.1, 0.15) is 57.8 Å². The van der Waals surface area contributed by atoms with Crippen LogP contribution in [0.15, 0.2) is 0 Å². The highest BCUT2D eigenvalue weighted by Crippen LogP contribution is 2.60. The summed E-state index contributed by atoms with van der Waals surface area (Å²) in [4.78, 5) is 0. The zero-order valence-corrected chi connectivity index (χ0v) is 10.4. The average molecular weight is 230 g/mol. The molecule has 3 aliphatic carbocycles. The fourth-order valence-corrected chi connectivity index (χ4v) is 4.73. The number of hydrogen-bond donors (Lipinski definition) is 1. The lowest BCUT2D eigenvalue weighted by Gasteiger charge is -2.42. The number of nitrogens with two attached hydrogens (primary N) is 1. The topological polar surface area (TPSA) is 26.0 Å². The lowest BCUT2D eigenvalue weighted by molar-refractivity contribution is 0.108. The van der Waals surface area contributed by atoms with E-state index >= 15 is 0 Å². The minimum Gasteiger partial charge on any atom is -0.327 e. The Labute approximate surface area is 99.6 Å². The molecule has 3 fully saturated rings. The molecule has 2 bridgehead atoms. The van der Waals surface area contributed by atoms with Crippen LogP contribution in [0.2, 0.25) is 0 Å². The molecule has 3 atom stereocenters. The Morgan fingerprint density at radius 1 is 0.933 bits per heavy atom. The van der Waals surface area contributed by atoms with Gasteiger partial charge in [-0.3, -0.25) is 0 Å². The third kappa shape index (κ3) is 1.63. The summed E-state index contributed by atoms with van der Waals surface area (Å²) in [5, 5.41) is 0. The number of rotatable bonds is 0. The highest BCUT2D eigenvalue weighted by molar-refractivity contribution is 5.85. The monoisotopic (exact) mass is 229 g/mol. The van der Waals surface area contributed by atoms with Crippen molar-refractivity contribution in [3.63, 3.8) is 0 Å². The fourth-order valence-electron chi connectivity index (χ4n) is 4.73. The van der Waals surface area contributed by atoms with E-state index in [1.54, 1.807) is 0 Å². The molecular formula is C13H24ClN. The van der Waals surface area contributed by atoms with Gasteiger partial charge in [0.25, 0.3) is 0 Å². The summed E-state index contributed by atoms with van der Waals surface area (Å²) in [5.74, 6) is 1.92. The summed E-state index contributed by atoms with van der Waals surface area (Å²) >= 11 is 0. The standard InChI is InChI=1S/C13H23N.ClH/c14-12-10-5-6-11(9-10)13(12)7-3-1-2-4-8-13;/h10-12H,1-9,14H2;1H/t10-,11+,12-;/m1./s1. The first-order chi connectivity index (χ1) is 6.83. The van der Waals surface area contributed by atoms with Gasteiger partial charge < -0.3 is 5.73 Å². The summed E-state index contributed by atoms with van der Waals surface area (Å²) in [6, 6.07) is 0.569. The second-order valence-corrected chi connectivity index (χ2v) is 5.94. The van der Waals surface area contributed by atoms with Crippen molar-refractivity contribution in [3.05, 3.63) is 0 Å². The van der Waals surface area contributed by atoms with E-state index in [4.69, 9.17) is 5.73 Å². The number of hydrogen-bond acceptors (Lipinski definition) is 1. The highest BCUT2D eigenvalue weighted by Gasteiger charge is 2.55. The fraction of sp³-hybridized carbons (Fsp3) is 1.00. The molecule has 3 saturated carbocycles. The van der Waals surface area contributed by atoms with Gasteiger partial charge in [-0.25, -0.2) is 0 Å². The third-order valence-corrected chi connectivity index (χ3v) is 5.49. The Kier molecular flexibility index (Phi) is 3.33. The smallest absolute Gasteiger partial charge is 0.0127 e. The maximum atomic E-state index is 6.50. The van der Waals surface area contributed by atoms with Gasteiger partial charge in [0.15, 0.2) is 0 Å². The summed E-state index contributed by atoms with van der Waals surface area (Å²) in [6.07, 6.45) is 13.2. The van der Waals surface area contributed by atoms with Crippen LogP contribution < -0.4 is 5.73 Å². The molecule has 0 heterocycles. The van der Waals surface area contributed by atoms with Crippen LogP contribution in [0.3, 0.4) is 0 Å². The molecular weight excluding hydrogens is 206 g/mol. The van der Waals surface area contributed by atoms with Crippen LogP contribution in [0.25, 0.3) is 0 Å². The Balaban J connectivity index is 0.000000853. The molecule has 0 aliphatic heterocycles. The predicted octanol–water partition coefficient (Wildman–Crippen LogP) is 3.51. The first kappa shape index (κ1) is 11.7. The van der Waals surface area contributed by atoms with Gasteiger partial charge in [0.1, 0.15) is 0 Å². The van der Waals surface area contributed by atoms with Gasteiger partial charge in [0.05, 0.1) is 0 Å². The van der Waals surface area contributed by atoms with Gasteiger partial charge in [0, 0.05) is 6.04 Å². The van der Waals surface area contributed by atoms with Crippen molar-refractivity contribution >= 4 is 12.4 Å². The van der Waals surface area contributed by atoms with Crippen molar-refractivity contribution in [2.45, 2.75) is 63.8 Å². The van der Waals surface area contributed by atoms with Crippen LogP contribution in [-0.2, 0) is 0 Å². The summed E-state index contributed by atoms with van der Waals surface area (Å²) < 4.78 is 0. The molecule has 1 spiro atoms. The summed E-state index contributed by atoms with van der Waals surface area (Å²) in [7, 11) is 0. The van der Waals surface area contributed by atoms with Crippen LogP contribution in [0.5, 0.6) is 0 Å². The van der Waals surface area contributed by atoms with E-state index < -0.39 is 0 Å². The Hall–Kier alpha value is 0.250. The highest BCUT2D eigenvalue weighted by atomic mass is 35.5. The lowest BCUT2D eigenvalue weighted by atomic mass is 9.65. The first-order valence-corrected chi connectivity index (χ1v) is 6.58. The summed E-state index contributed by atoms with van der Waals surface area (Å²) in [5.41, 5.74) is 7.11. The van der Waals surface area contributed by atoms with Crippen LogP contribution in [0.4, 0.5) is 0 Å². The van der Waals surface area contributed by atoms with E-state index in [0.717, 1.165) is 11.8 Å². The molecule has 0 radical (unpaired) electrons. The van der Waals surface area contributed by atoms with E-state index in [0.29, 0.717) is 11.5 Å². The quantitative estimate of drug-likeness (QED) is 0.676. The second kappa shape index (κ2) is 4.25. The molecule has 0 amide bonds. The molecule has 88 valence electrons. The van der Waals surface area contributed by atoms with Gasteiger partial charge in [-0.05, 0) is 49.4 Å². The third-order valence-electron chi connectivity index (χ3n) is 5.49. The maximum absolute atomic E-state index is 6.50. The molecule has 0 unspecified atom stereocenters. The van der Waals surface area contributed by atoms with Crippen molar-refractivity contribution in [2.24, 2.45) is 23.0 Å². The predicted molar refractivity (Wildman–Crippen MR) is 66.2 cm³/mol. The lowest BCUT2D eigenvalue weighted by Crippen LogP contribution is -2.46. The number of halogens is 1. The molecule has 2 heteroatoms. The normalized spacial score (nSPS) is 42.6. The minimum absolute atomic E-state index is 0. The molecule has 2 N–H and O–H groups in total. The van der Waals surface area contributed by atoms with Gasteiger partial charge >= 0.3 is 0 Å². The van der Waals surface area contributed by atoms with Crippen LogP contribution in [0, 0.1) is 17.3 Å². The van der Waals surface area contributed by atoms with Crippen LogP contribution in [-0.4, -0.2) is 6.04 Å². The molecule has 3 aliphatic rings. The van der Waals surface area contributed by atoms with E-state index in [2.05, 4.69) is 0 Å².